The molecule has 0 fully saturated rings. The van der Waals surface area contributed by atoms with Crippen molar-refractivity contribution in [3.63, 3.8) is 0 Å². The average Bonchev–Trinajstić information content (AvgIpc) is 2.06. The first kappa shape index (κ1) is 7.99. The molecule has 0 saturated carbocycles. The molecule has 0 N–H and O–H groups in total. The summed E-state index contributed by atoms with van der Waals surface area (Å²) in [4.78, 5) is 1.29. The lowest BCUT2D eigenvalue weighted by molar-refractivity contribution is 0.301. The molecular weight excluding hydrogens is 168 g/mol. The maximum Gasteiger partial charge on any atom is 0.132 e. The molecule has 0 amide bonds. The molecule has 64 valence electrons. The van der Waals surface area contributed by atoms with Crippen LogP contribution in [0.25, 0.3) is 0 Å². The van der Waals surface area contributed by atoms with Gasteiger partial charge in [-0.3, -0.25) is 0 Å². The van der Waals surface area contributed by atoms with Crippen molar-refractivity contribution >= 4 is 11.8 Å². The smallest absolute Gasteiger partial charge is 0.132 e. The molecule has 1 nitrogen and oxygen atoms in total. The Hall–Kier alpha value is -0.630. The van der Waals surface area contributed by atoms with Crippen molar-refractivity contribution in [1.29, 1.82) is 0 Å². The van der Waals surface area contributed by atoms with Crippen molar-refractivity contribution in [3.8, 4) is 5.75 Å². The molecule has 2 rings (SSSR count). The van der Waals surface area contributed by atoms with Crippen LogP contribution in [0.1, 0.15) is 12.8 Å². The fraction of sp³-hybridized carbons (Fsp3) is 0.400. The van der Waals surface area contributed by atoms with Crippen molar-refractivity contribution in [2.24, 2.45) is 0 Å². The molecule has 0 saturated heterocycles. The third-order valence-corrected chi connectivity index (χ3v) is 3.04. The Balaban J connectivity index is 2.24. The maximum atomic E-state index is 5.61. The van der Waals surface area contributed by atoms with Crippen molar-refractivity contribution < 1.29 is 4.74 Å². The highest BCUT2D eigenvalue weighted by Gasteiger charge is 2.05. The zero-order valence-corrected chi connectivity index (χ0v) is 7.77. The topological polar surface area (TPSA) is 9.23 Å². The monoisotopic (exact) mass is 180 g/mol. The Kier molecular flexibility index (Phi) is 2.57. The van der Waals surface area contributed by atoms with Gasteiger partial charge in [-0.2, -0.15) is 0 Å². The Morgan fingerprint density at radius 1 is 1.17 bits per heavy atom. The predicted octanol–water partition coefficient (Wildman–Crippen LogP) is 2.95. The van der Waals surface area contributed by atoms with E-state index < -0.39 is 0 Å². The van der Waals surface area contributed by atoms with Crippen LogP contribution in [-0.2, 0) is 0 Å². The van der Waals surface area contributed by atoms with Gasteiger partial charge in [0.1, 0.15) is 5.75 Å². The molecule has 1 aromatic rings. The van der Waals surface area contributed by atoms with Gasteiger partial charge in [0.2, 0.25) is 0 Å². The minimum absolute atomic E-state index is 0.873. The van der Waals surface area contributed by atoms with E-state index in [4.69, 9.17) is 4.74 Å². The molecule has 0 atom stereocenters. The summed E-state index contributed by atoms with van der Waals surface area (Å²) in [5.41, 5.74) is 0. The summed E-state index contributed by atoms with van der Waals surface area (Å²) in [5.74, 6) is 2.28. The molecule has 0 aliphatic carbocycles. The summed E-state index contributed by atoms with van der Waals surface area (Å²) in [7, 11) is 0. The van der Waals surface area contributed by atoms with Gasteiger partial charge in [-0.05, 0) is 30.7 Å². The number of ether oxygens (including phenoxy) is 1. The molecule has 1 aliphatic rings. The van der Waals surface area contributed by atoms with Gasteiger partial charge in [-0.25, -0.2) is 0 Å². The number of thioether (sulfide) groups is 1. The van der Waals surface area contributed by atoms with Gasteiger partial charge in [0.05, 0.1) is 6.61 Å². The van der Waals surface area contributed by atoms with Crippen LogP contribution in [0.5, 0.6) is 5.75 Å². The van der Waals surface area contributed by atoms with Crippen LogP contribution in [-0.4, -0.2) is 12.4 Å². The average molecular weight is 180 g/mol. The van der Waals surface area contributed by atoms with E-state index in [2.05, 4.69) is 12.1 Å². The van der Waals surface area contributed by atoms with Crippen LogP contribution < -0.4 is 4.74 Å². The Morgan fingerprint density at radius 2 is 2.08 bits per heavy atom. The molecule has 0 radical (unpaired) electrons. The standard InChI is InChI=1S/C10H12OS/c1-2-6-10-9(5-1)11-7-3-4-8-12-10/h1-2,5-6H,3-4,7-8H2. The summed E-state index contributed by atoms with van der Waals surface area (Å²) in [6.45, 7) is 0.873. The molecule has 0 aromatic heterocycles. The Morgan fingerprint density at radius 3 is 3.08 bits per heavy atom. The lowest BCUT2D eigenvalue weighted by atomic mass is 10.3. The van der Waals surface area contributed by atoms with Gasteiger partial charge < -0.3 is 4.74 Å². The SMILES string of the molecule is c1ccc2c(c1)OCCCCS2. The van der Waals surface area contributed by atoms with Gasteiger partial charge in [0.25, 0.3) is 0 Å². The Labute approximate surface area is 77.1 Å². The van der Waals surface area contributed by atoms with Gasteiger partial charge in [0.15, 0.2) is 0 Å². The second-order valence-electron chi connectivity index (χ2n) is 2.85. The van der Waals surface area contributed by atoms with Crippen LogP contribution in [0.2, 0.25) is 0 Å². The summed E-state index contributed by atoms with van der Waals surface area (Å²) in [6.07, 6.45) is 2.44. The summed E-state index contributed by atoms with van der Waals surface area (Å²) in [6, 6.07) is 8.27. The van der Waals surface area contributed by atoms with Crippen molar-refractivity contribution in [3.05, 3.63) is 24.3 Å². The van der Waals surface area contributed by atoms with Gasteiger partial charge in [-0.15, -0.1) is 11.8 Å². The molecule has 1 aliphatic heterocycles. The highest BCUT2D eigenvalue weighted by molar-refractivity contribution is 7.99. The van der Waals surface area contributed by atoms with E-state index >= 15 is 0 Å². The zero-order chi connectivity index (χ0) is 8.23. The number of para-hydroxylation sites is 1. The molecule has 1 heterocycles. The summed E-state index contributed by atoms with van der Waals surface area (Å²) >= 11 is 1.90. The second-order valence-corrected chi connectivity index (χ2v) is 3.99. The van der Waals surface area contributed by atoms with Crippen molar-refractivity contribution in [2.45, 2.75) is 17.7 Å². The molecular formula is C10H12OS. The number of fused-ring (bicyclic) bond motifs is 1. The largest absolute Gasteiger partial charge is 0.492 e. The summed E-state index contributed by atoms with van der Waals surface area (Å²) < 4.78 is 5.61. The first-order chi connectivity index (χ1) is 5.97. The second kappa shape index (κ2) is 3.85. The van der Waals surface area contributed by atoms with E-state index in [1.165, 1.54) is 23.5 Å². The highest BCUT2D eigenvalue weighted by atomic mass is 32.2. The molecule has 0 bridgehead atoms. The lowest BCUT2D eigenvalue weighted by Gasteiger charge is -2.13. The van der Waals surface area contributed by atoms with E-state index in [0.717, 1.165) is 12.4 Å². The van der Waals surface area contributed by atoms with E-state index in [-0.39, 0.29) is 0 Å². The Bertz CT molecular complexity index is 233. The maximum absolute atomic E-state index is 5.61. The van der Waals surface area contributed by atoms with Gasteiger partial charge in [-0.1, -0.05) is 12.1 Å². The van der Waals surface area contributed by atoms with Gasteiger partial charge >= 0.3 is 0 Å². The first-order valence-electron chi connectivity index (χ1n) is 4.31. The molecule has 1 aromatic carbocycles. The van der Waals surface area contributed by atoms with Crippen LogP contribution in [0.15, 0.2) is 29.2 Å². The fourth-order valence-electron chi connectivity index (χ4n) is 1.26. The lowest BCUT2D eigenvalue weighted by Crippen LogP contribution is -2.01. The fourth-order valence-corrected chi connectivity index (χ4v) is 2.27. The predicted molar refractivity (Wildman–Crippen MR) is 51.9 cm³/mol. The molecule has 0 spiro atoms. The van der Waals surface area contributed by atoms with Crippen molar-refractivity contribution in [1.82, 2.24) is 0 Å². The third kappa shape index (κ3) is 1.75. The van der Waals surface area contributed by atoms with Crippen LogP contribution in [0.3, 0.4) is 0 Å². The number of hydrogen-bond acceptors (Lipinski definition) is 2. The van der Waals surface area contributed by atoms with Crippen LogP contribution in [0, 0.1) is 0 Å². The normalized spacial score (nSPS) is 17.0. The van der Waals surface area contributed by atoms with E-state index in [1.54, 1.807) is 0 Å². The number of benzene rings is 1. The quantitative estimate of drug-likeness (QED) is 0.607. The van der Waals surface area contributed by atoms with Crippen molar-refractivity contribution in [2.75, 3.05) is 12.4 Å². The minimum atomic E-state index is 0.873. The summed E-state index contributed by atoms with van der Waals surface area (Å²) in [5, 5.41) is 0. The van der Waals surface area contributed by atoms with E-state index in [1.807, 2.05) is 23.9 Å². The third-order valence-electron chi connectivity index (χ3n) is 1.90. The molecule has 2 heteroatoms. The zero-order valence-electron chi connectivity index (χ0n) is 6.95. The molecule has 0 unspecified atom stereocenters. The van der Waals surface area contributed by atoms with Crippen LogP contribution in [0.4, 0.5) is 0 Å². The van der Waals surface area contributed by atoms with Crippen LogP contribution >= 0.6 is 11.8 Å². The number of hydrogen-bond donors (Lipinski definition) is 0. The van der Waals surface area contributed by atoms with Gasteiger partial charge in [0, 0.05) is 4.90 Å². The first-order valence-corrected chi connectivity index (χ1v) is 5.30. The number of rotatable bonds is 0. The highest BCUT2D eigenvalue weighted by Crippen LogP contribution is 2.31. The molecule has 12 heavy (non-hydrogen) atoms. The van der Waals surface area contributed by atoms with E-state index in [9.17, 15) is 0 Å². The van der Waals surface area contributed by atoms with E-state index in [0.29, 0.717) is 0 Å². The minimum Gasteiger partial charge on any atom is -0.492 e.